The number of methoxy groups -OCH3 is 1. The van der Waals surface area contributed by atoms with Crippen LogP contribution in [-0.2, 0) is 17.6 Å². The minimum absolute atomic E-state index is 0.164. The van der Waals surface area contributed by atoms with E-state index < -0.39 is 28.8 Å². The Labute approximate surface area is 232 Å². The van der Waals surface area contributed by atoms with Crippen molar-refractivity contribution in [1.82, 2.24) is 0 Å². The fourth-order valence-electron chi connectivity index (χ4n) is 4.65. The van der Waals surface area contributed by atoms with Gasteiger partial charge in [0.25, 0.3) is 0 Å². The second-order valence-electron chi connectivity index (χ2n) is 11.2. The molecule has 2 aromatic rings. The summed E-state index contributed by atoms with van der Waals surface area (Å²) in [6.45, 7) is 9.90. The standard InChI is InChI=1S/C32H45NO6/c1-7-8-9-10-14-24-15-17-25(18-16-24)21-32(4,5)23(3)29(35)28-26(34)20-27(39-30(28)36)22(2)13-11-12-19-33-31(37)38-6/h15-20,22-23,34H,7-14,21H2,1-6H3. The van der Waals surface area contributed by atoms with Crippen LogP contribution in [0.5, 0.6) is 5.75 Å². The van der Waals surface area contributed by atoms with Crippen molar-refractivity contribution in [2.75, 3.05) is 7.11 Å². The number of hydrogen-bond acceptors (Lipinski definition) is 6. The SMILES string of the molecule is CCCCCCc1ccc(CC(C)(C)C(C)C(=O)c2c(O)cc(C(C)CCCC=NC(=O)OC)oc2=O)cc1. The van der Waals surface area contributed by atoms with Crippen LogP contribution in [0.3, 0.4) is 0 Å². The van der Waals surface area contributed by atoms with Gasteiger partial charge in [-0.25, -0.2) is 9.59 Å². The van der Waals surface area contributed by atoms with Gasteiger partial charge >= 0.3 is 11.7 Å². The molecule has 1 aromatic heterocycles. The predicted molar refractivity (Wildman–Crippen MR) is 155 cm³/mol. The monoisotopic (exact) mass is 539 g/mol. The molecule has 1 amide bonds. The number of aliphatic imine (C=N–C) groups is 1. The first-order chi connectivity index (χ1) is 18.5. The molecule has 2 atom stereocenters. The van der Waals surface area contributed by atoms with Gasteiger partial charge in [0.05, 0.1) is 7.11 Å². The summed E-state index contributed by atoms with van der Waals surface area (Å²) in [7, 11) is 1.26. The highest BCUT2D eigenvalue weighted by molar-refractivity contribution is 6.00. The van der Waals surface area contributed by atoms with Crippen molar-refractivity contribution in [3.8, 4) is 5.75 Å². The zero-order valence-corrected chi connectivity index (χ0v) is 24.4. The molecular formula is C32H45NO6. The molecule has 1 aromatic carbocycles. The summed E-state index contributed by atoms with van der Waals surface area (Å²) in [5.74, 6) is -1.13. The van der Waals surface area contributed by atoms with Crippen LogP contribution in [0, 0.1) is 11.3 Å². The van der Waals surface area contributed by atoms with E-state index in [0.717, 1.165) is 12.0 Å². The molecular weight excluding hydrogens is 494 g/mol. The van der Waals surface area contributed by atoms with E-state index in [4.69, 9.17) is 4.42 Å². The highest BCUT2D eigenvalue weighted by Gasteiger charge is 2.35. The van der Waals surface area contributed by atoms with Gasteiger partial charge in [-0.2, -0.15) is 4.99 Å². The van der Waals surface area contributed by atoms with Crippen LogP contribution < -0.4 is 5.63 Å². The largest absolute Gasteiger partial charge is 0.507 e. The predicted octanol–water partition coefficient (Wildman–Crippen LogP) is 7.67. The van der Waals surface area contributed by atoms with E-state index in [1.807, 2.05) is 20.8 Å². The number of ether oxygens (including phenoxy) is 1. The zero-order valence-electron chi connectivity index (χ0n) is 24.4. The Bertz CT molecular complexity index is 1160. The third-order valence-electron chi connectivity index (χ3n) is 7.59. The van der Waals surface area contributed by atoms with Gasteiger partial charge in [-0.15, -0.1) is 0 Å². The molecule has 39 heavy (non-hydrogen) atoms. The normalized spacial score (nSPS) is 13.4. The topological polar surface area (TPSA) is 106 Å². The summed E-state index contributed by atoms with van der Waals surface area (Å²) in [5.41, 5.74) is 0.899. The molecule has 0 aliphatic rings. The Kier molecular flexibility index (Phi) is 12.6. The summed E-state index contributed by atoms with van der Waals surface area (Å²) in [6, 6.07) is 9.95. The Morgan fingerprint density at radius 2 is 1.74 bits per heavy atom. The molecule has 0 radical (unpaired) electrons. The third kappa shape index (κ3) is 9.79. The number of Topliss-reactive ketones (excluding diaryl/α,β-unsaturated/α-hetero) is 1. The van der Waals surface area contributed by atoms with E-state index in [1.165, 1.54) is 50.6 Å². The summed E-state index contributed by atoms with van der Waals surface area (Å²) < 4.78 is 9.93. The van der Waals surface area contributed by atoms with E-state index in [-0.39, 0.29) is 17.2 Å². The first kappa shape index (κ1) is 32.0. The van der Waals surface area contributed by atoms with Crippen molar-refractivity contribution in [2.24, 2.45) is 16.3 Å². The summed E-state index contributed by atoms with van der Waals surface area (Å²) >= 11 is 0. The van der Waals surface area contributed by atoms with Crippen molar-refractivity contribution < 1.29 is 23.8 Å². The van der Waals surface area contributed by atoms with E-state index in [2.05, 4.69) is 40.9 Å². The van der Waals surface area contributed by atoms with Crippen molar-refractivity contribution in [3.63, 3.8) is 0 Å². The number of benzene rings is 1. The molecule has 1 N–H and O–H groups in total. The van der Waals surface area contributed by atoms with E-state index in [0.29, 0.717) is 31.4 Å². The lowest BCUT2D eigenvalue weighted by atomic mass is 9.72. The molecule has 0 aliphatic heterocycles. The number of ketones is 1. The van der Waals surface area contributed by atoms with Crippen LogP contribution in [0.2, 0.25) is 0 Å². The Morgan fingerprint density at radius 3 is 2.36 bits per heavy atom. The molecule has 0 fully saturated rings. The number of rotatable bonds is 15. The van der Waals surface area contributed by atoms with Crippen LogP contribution in [0.25, 0.3) is 0 Å². The van der Waals surface area contributed by atoms with Gasteiger partial charge in [0.1, 0.15) is 17.1 Å². The number of hydrogen-bond donors (Lipinski definition) is 1. The molecule has 2 rings (SSSR count). The summed E-state index contributed by atoms with van der Waals surface area (Å²) in [4.78, 5) is 40.9. The average Bonchev–Trinajstić information content (AvgIpc) is 2.90. The quantitative estimate of drug-likeness (QED) is 0.141. The van der Waals surface area contributed by atoms with Gasteiger partial charge in [0, 0.05) is 24.1 Å². The summed E-state index contributed by atoms with van der Waals surface area (Å²) in [5, 5.41) is 10.7. The number of unbranched alkanes of at least 4 members (excludes halogenated alkanes) is 4. The molecule has 0 aliphatic carbocycles. The van der Waals surface area contributed by atoms with Crippen LogP contribution in [-0.4, -0.2) is 30.3 Å². The van der Waals surface area contributed by atoms with Crippen molar-refractivity contribution >= 4 is 18.1 Å². The maximum atomic E-state index is 13.4. The molecule has 0 bridgehead atoms. The number of carbonyl (C=O) groups excluding carboxylic acids is 2. The second-order valence-corrected chi connectivity index (χ2v) is 11.2. The van der Waals surface area contributed by atoms with Crippen molar-refractivity contribution in [1.29, 1.82) is 0 Å². The lowest BCUT2D eigenvalue weighted by Crippen LogP contribution is -2.33. The average molecular weight is 540 g/mol. The van der Waals surface area contributed by atoms with Crippen LogP contribution in [0.15, 0.2) is 44.5 Å². The second kappa shape index (κ2) is 15.4. The summed E-state index contributed by atoms with van der Waals surface area (Å²) in [6.07, 6.45) is 9.40. The zero-order chi connectivity index (χ0) is 29.0. The van der Waals surface area contributed by atoms with E-state index >= 15 is 0 Å². The number of amides is 1. The van der Waals surface area contributed by atoms with Crippen LogP contribution >= 0.6 is 0 Å². The first-order valence-corrected chi connectivity index (χ1v) is 14.1. The van der Waals surface area contributed by atoms with Gasteiger partial charge in [-0.3, -0.25) is 4.79 Å². The fraction of sp³-hybridized carbons (Fsp3) is 0.562. The van der Waals surface area contributed by atoms with Gasteiger partial charge in [-0.05, 0) is 55.1 Å². The molecule has 1 heterocycles. The maximum Gasteiger partial charge on any atom is 0.432 e. The van der Waals surface area contributed by atoms with Crippen LogP contribution in [0.4, 0.5) is 4.79 Å². The number of aromatic hydroxyl groups is 1. The smallest absolute Gasteiger partial charge is 0.432 e. The lowest BCUT2D eigenvalue weighted by molar-refractivity contribution is 0.0811. The Balaban J connectivity index is 2.04. The molecule has 7 nitrogen and oxygen atoms in total. The lowest BCUT2D eigenvalue weighted by Gasteiger charge is -2.31. The van der Waals surface area contributed by atoms with Gasteiger partial charge in [0.15, 0.2) is 5.78 Å². The number of nitrogens with zero attached hydrogens (tertiary/aromatic N) is 1. The van der Waals surface area contributed by atoms with Gasteiger partial charge in [-0.1, -0.05) is 78.1 Å². The van der Waals surface area contributed by atoms with E-state index in [9.17, 15) is 19.5 Å². The molecule has 0 spiro atoms. The highest BCUT2D eigenvalue weighted by atomic mass is 16.5. The Morgan fingerprint density at radius 1 is 1.08 bits per heavy atom. The molecule has 7 heteroatoms. The Hall–Kier alpha value is -3.22. The molecule has 0 saturated heterocycles. The third-order valence-corrected chi connectivity index (χ3v) is 7.59. The van der Waals surface area contributed by atoms with Gasteiger partial charge in [0.2, 0.25) is 0 Å². The van der Waals surface area contributed by atoms with E-state index in [1.54, 1.807) is 6.92 Å². The maximum absolute atomic E-state index is 13.4. The van der Waals surface area contributed by atoms with Crippen molar-refractivity contribution in [3.05, 3.63) is 63.2 Å². The number of aryl methyl sites for hydroxylation is 1. The highest BCUT2D eigenvalue weighted by Crippen LogP contribution is 2.35. The van der Waals surface area contributed by atoms with Gasteiger partial charge < -0.3 is 14.3 Å². The molecule has 214 valence electrons. The minimum Gasteiger partial charge on any atom is -0.507 e. The molecule has 2 unspecified atom stereocenters. The van der Waals surface area contributed by atoms with Crippen molar-refractivity contribution in [2.45, 2.75) is 98.3 Å². The minimum atomic E-state index is -0.816. The molecule has 0 saturated carbocycles. The van der Waals surface area contributed by atoms with Crippen LogP contribution in [0.1, 0.15) is 113 Å². The fourth-order valence-corrected chi connectivity index (χ4v) is 4.65. The number of carbonyl (C=O) groups is 2. The first-order valence-electron chi connectivity index (χ1n) is 14.1.